The van der Waals surface area contributed by atoms with Gasteiger partial charge in [0, 0.05) is 24.5 Å². The molecule has 2 atom stereocenters. The van der Waals surface area contributed by atoms with Crippen LogP contribution in [-0.4, -0.2) is 42.9 Å². The molecular formula is C22H23ClF4N2O4S. The van der Waals surface area contributed by atoms with E-state index in [4.69, 9.17) is 0 Å². The van der Waals surface area contributed by atoms with Crippen molar-refractivity contribution in [2.75, 3.05) is 10.8 Å². The summed E-state index contributed by atoms with van der Waals surface area (Å²) >= 11 is 0. The maximum atomic E-state index is 13.8. The number of hydrogen-bond acceptors (Lipinski definition) is 5. The van der Waals surface area contributed by atoms with Crippen LogP contribution in [0.25, 0.3) is 0 Å². The second-order valence-electron chi connectivity index (χ2n) is 8.32. The monoisotopic (exact) mass is 522 g/mol. The number of aromatic hydroxyl groups is 1. The molecule has 34 heavy (non-hydrogen) atoms. The number of halogens is 5. The Morgan fingerprint density at radius 3 is 2.59 bits per heavy atom. The maximum absolute atomic E-state index is 13.8. The van der Waals surface area contributed by atoms with Gasteiger partial charge in [0.15, 0.2) is 11.5 Å². The first-order valence-corrected chi connectivity index (χ1v) is 11.7. The second-order valence-corrected chi connectivity index (χ2v) is 9.99. The Balaban J connectivity index is 0.00000324. The van der Waals surface area contributed by atoms with E-state index in [9.17, 15) is 31.1 Å². The Labute approximate surface area is 200 Å². The van der Waals surface area contributed by atoms with Crippen LogP contribution in [0.5, 0.6) is 11.5 Å². The van der Waals surface area contributed by atoms with Crippen molar-refractivity contribution in [1.82, 2.24) is 4.90 Å². The Morgan fingerprint density at radius 1 is 1.21 bits per heavy atom. The van der Waals surface area contributed by atoms with Gasteiger partial charge < -0.3 is 9.84 Å². The Morgan fingerprint density at radius 2 is 1.94 bits per heavy atom. The van der Waals surface area contributed by atoms with E-state index in [2.05, 4.69) is 4.74 Å². The van der Waals surface area contributed by atoms with E-state index in [0.29, 0.717) is 24.9 Å². The molecule has 4 rings (SSSR count). The van der Waals surface area contributed by atoms with Crippen LogP contribution < -0.4 is 9.04 Å². The van der Waals surface area contributed by atoms with Crippen molar-refractivity contribution in [2.24, 2.45) is 0 Å². The van der Waals surface area contributed by atoms with Crippen LogP contribution in [0.1, 0.15) is 25.3 Å². The topological polar surface area (TPSA) is 70.1 Å². The molecule has 0 saturated carbocycles. The summed E-state index contributed by atoms with van der Waals surface area (Å²) < 4.78 is 82.3. The summed E-state index contributed by atoms with van der Waals surface area (Å²) in [5.74, 6) is -1.84. The van der Waals surface area contributed by atoms with Crippen LogP contribution >= 0.6 is 12.4 Å². The molecule has 0 bridgehead atoms. The predicted octanol–water partition coefficient (Wildman–Crippen LogP) is 4.94. The number of phenolic OH excluding ortho intramolecular Hbond substituents is 1. The highest BCUT2D eigenvalue weighted by Crippen LogP contribution is 2.43. The average Bonchev–Trinajstić information content (AvgIpc) is 2.95. The number of ether oxygens (including phenoxy) is 1. The third kappa shape index (κ3) is 5.26. The molecule has 0 aromatic heterocycles. The zero-order chi connectivity index (χ0) is 24.0. The van der Waals surface area contributed by atoms with Crippen LogP contribution in [0.15, 0.2) is 53.9 Å². The van der Waals surface area contributed by atoms with Crippen LogP contribution in [0, 0.1) is 5.82 Å². The van der Waals surface area contributed by atoms with E-state index in [1.165, 1.54) is 28.6 Å². The normalized spacial score (nSPS) is 24.3. The summed E-state index contributed by atoms with van der Waals surface area (Å²) in [4.78, 5) is 2.01. The lowest BCUT2D eigenvalue weighted by Crippen LogP contribution is -2.56. The highest BCUT2D eigenvalue weighted by atomic mass is 35.5. The number of alkyl halides is 3. The lowest BCUT2D eigenvalue weighted by Gasteiger charge is -2.47. The van der Waals surface area contributed by atoms with Gasteiger partial charge in [0.05, 0.1) is 11.2 Å². The third-order valence-electron chi connectivity index (χ3n) is 5.99. The van der Waals surface area contributed by atoms with Gasteiger partial charge in [-0.2, -0.15) is 0 Å². The number of hydrogen-bond donors (Lipinski definition) is 1. The van der Waals surface area contributed by atoms with Gasteiger partial charge in [0.1, 0.15) is 5.82 Å². The molecule has 1 fully saturated rings. The van der Waals surface area contributed by atoms with Gasteiger partial charge in [-0.25, -0.2) is 12.8 Å². The standard InChI is InChI=1S/C22H22F4N2O4S.ClH/c1-15-13-21(8-10-33(30,31)28(21)18-4-2-3-17(23)12-18)7-9-27(15)14-16-5-6-19(29)20(11-16)32-22(24,25)26;/h2-6,8,10-12,15,29H,7,9,13-14H2,1H3;1H/t15-,21-;/m0./s1. The first kappa shape index (κ1) is 26.1. The number of phenols is 1. The zero-order valence-corrected chi connectivity index (χ0v) is 19.6. The number of rotatable bonds is 4. The highest BCUT2D eigenvalue weighted by molar-refractivity contribution is 7.96. The summed E-state index contributed by atoms with van der Waals surface area (Å²) in [5, 5.41) is 10.8. The molecule has 0 amide bonds. The minimum Gasteiger partial charge on any atom is -0.504 e. The number of anilines is 1. The van der Waals surface area contributed by atoms with E-state index in [1.54, 1.807) is 12.1 Å². The molecular weight excluding hydrogens is 500 g/mol. The van der Waals surface area contributed by atoms with Crippen LogP contribution in [0.2, 0.25) is 0 Å². The van der Waals surface area contributed by atoms with Crippen molar-refractivity contribution in [2.45, 2.75) is 44.3 Å². The minimum atomic E-state index is -4.93. The molecule has 2 heterocycles. The zero-order valence-electron chi connectivity index (χ0n) is 18.0. The maximum Gasteiger partial charge on any atom is 0.573 e. The first-order chi connectivity index (χ1) is 15.4. The summed E-state index contributed by atoms with van der Waals surface area (Å²) in [6, 6.07) is 9.07. The fourth-order valence-electron chi connectivity index (χ4n) is 4.57. The number of sulfonamides is 1. The summed E-state index contributed by atoms with van der Waals surface area (Å²) in [5.41, 5.74) is -0.109. The lowest BCUT2D eigenvalue weighted by atomic mass is 9.83. The third-order valence-corrected chi connectivity index (χ3v) is 7.56. The van der Waals surface area contributed by atoms with E-state index in [0.717, 1.165) is 17.5 Å². The van der Waals surface area contributed by atoms with Crippen molar-refractivity contribution >= 4 is 28.1 Å². The highest BCUT2D eigenvalue weighted by Gasteiger charge is 2.49. The molecule has 6 nitrogen and oxygen atoms in total. The molecule has 1 N–H and O–H groups in total. The molecule has 2 aromatic rings. The van der Waals surface area contributed by atoms with Gasteiger partial charge in [-0.3, -0.25) is 9.21 Å². The number of likely N-dealkylation sites (tertiary alicyclic amines) is 1. The SMILES string of the molecule is C[C@H]1C[C@@]2(C=CS(=O)(=O)N2c2cccc(F)c2)CCN1Cc1ccc(O)c(OC(F)(F)F)c1.Cl. The molecule has 2 aliphatic heterocycles. The quantitative estimate of drug-likeness (QED) is 0.576. The average molecular weight is 523 g/mol. The minimum absolute atomic E-state index is 0. The largest absolute Gasteiger partial charge is 0.573 e. The Kier molecular flexibility index (Phi) is 7.12. The van der Waals surface area contributed by atoms with Crippen molar-refractivity contribution < 1.29 is 35.8 Å². The summed E-state index contributed by atoms with van der Waals surface area (Å²) in [7, 11) is -3.78. The molecule has 1 saturated heterocycles. The number of piperidine rings is 1. The molecule has 2 aromatic carbocycles. The van der Waals surface area contributed by atoms with Gasteiger partial charge in [0.25, 0.3) is 10.0 Å². The molecule has 0 radical (unpaired) electrons. The van der Waals surface area contributed by atoms with Crippen molar-refractivity contribution in [1.29, 1.82) is 0 Å². The van der Waals surface area contributed by atoms with E-state index in [1.807, 2.05) is 11.8 Å². The molecule has 1 spiro atoms. The molecule has 0 unspecified atom stereocenters. The van der Waals surface area contributed by atoms with Gasteiger partial charge in [-0.15, -0.1) is 25.6 Å². The fraction of sp³-hybridized carbons (Fsp3) is 0.364. The van der Waals surface area contributed by atoms with E-state index >= 15 is 0 Å². The second kappa shape index (κ2) is 9.27. The van der Waals surface area contributed by atoms with E-state index < -0.39 is 39.2 Å². The Bertz CT molecular complexity index is 1190. The van der Waals surface area contributed by atoms with Gasteiger partial charge in [-0.05, 0) is 61.7 Å². The Hall–Kier alpha value is -2.50. The summed E-state index contributed by atoms with van der Waals surface area (Å²) in [6.07, 6.45) is -2.48. The van der Waals surface area contributed by atoms with Gasteiger partial charge in [0.2, 0.25) is 0 Å². The van der Waals surface area contributed by atoms with Crippen LogP contribution in [0.4, 0.5) is 23.2 Å². The van der Waals surface area contributed by atoms with Gasteiger partial charge >= 0.3 is 6.36 Å². The summed E-state index contributed by atoms with van der Waals surface area (Å²) in [6.45, 7) is 2.63. The molecule has 2 aliphatic rings. The van der Waals surface area contributed by atoms with Crippen molar-refractivity contribution in [3.63, 3.8) is 0 Å². The fourth-order valence-corrected chi connectivity index (χ4v) is 6.26. The molecule has 0 aliphatic carbocycles. The molecule has 186 valence electrons. The molecule has 12 heteroatoms. The number of benzene rings is 2. The van der Waals surface area contributed by atoms with E-state index in [-0.39, 0.29) is 30.7 Å². The van der Waals surface area contributed by atoms with Crippen LogP contribution in [-0.2, 0) is 16.6 Å². The van der Waals surface area contributed by atoms with Crippen LogP contribution in [0.3, 0.4) is 0 Å². The predicted molar refractivity (Wildman–Crippen MR) is 121 cm³/mol. The lowest BCUT2D eigenvalue weighted by molar-refractivity contribution is -0.275. The van der Waals surface area contributed by atoms with Gasteiger partial charge in [-0.1, -0.05) is 12.1 Å². The van der Waals surface area contributed by atoms with Crippen molar-refractivity contribution in [3.05, 3.63) is 65.3 Å². The van der Waals surface area contributed by atoms with Crippen molar-refractivity contribution in [3.8, 4) is 11.5 Å². The smallest absolute Gasteiger partial charge is 0.504 e. The first-order valence-electron chi connectivity index (χ1n) is 10.2. The number of nitrogens with zero attached hydrogens (tertiary/aromatic N) is 2.